The zero-order chi connectivity index (χ0) is 18.8. The summed E-state index contributed by atoms with van der Waals surface area (Å²) in [5.41, 5.74) is 4.29. The van der Waals surface area contributed by atoms with Crippen LogP contribution in [-0.2, 0) is 0 Å². The molecule has 4 rings (SSSR count). The Morgan fingerprint density at radius 1 is 0.963 bits per heavy atom. The van der Waals surface area contributed by atoms with E-state index in [-0.39, 0.29) is 11.6 Å². The lowest BCUT2D eigenvalue weighted by Crippen LogP contribution is -2.18. The van der Waals surface area contributed by atoms with Crippen LogP contribution in [-0.4, -0.2) is 16.8 Å². The molecule has 3 aromatic rings. The van der Waals surface area contributed by atoms with Gasteiger partial charge >= 0.3 is 5.97 Å². The number of nitrogens with zero attached hydrogens (tertiary/aromatic N) is 2. The van der Waals surface area contributed by atoms with Crippen LogP contribution in [0.15, 0.2) is 84.0 Å². The lowest BCUT2D eigenvalue weighted by molar-refractivity contribution is 0.0697. The van der Waals surface area contributed by atoms with Crippen molar-refractivity contribution in [1.29, 1.82) is 0 Å². The average molecular weight is 377 g/mol. The molecule has 0 spiro atoms. The molecule has 0 fully saturated rings. The number of hydrazone groups is 1. The number of rotatable bonds is 4. The number of hydrogen-bond acceptors (Lipinski definition) is 3. The Hall–Kier alpha value is -3.11. The third-order valence-electron chi connectivity index (χ3n) is 4.65. The topological polar surface area (TPSA) is 52.9 Å². The first-order chi connectivity index (χ1) is 13.1. The van der Waals surface area contributed by atoms with Gasteiger partial charge in [-0.25, -0.2) is 4.79 Å². The van der Waals surface area contributed by atoms with E-state index < -0.39 is 5.97 Å². The molecule has 1 unspecified atom stereocenters. The minimum absolute atomic E-state index is 0.0487. The summed E-state index contributed by atoms with van der Waals surface area (Å²) in [6.45, 7) is 0. The maximum absolute atomic E-state index is 11.1. The number of halogens is 1. The van der Waals surface area contributed by atoms with Gasteiger partial charge in [-0.05, 0) is 47.5 Å². The molecule has 5 heteroatoms. The van der Waals surface area contributed by atoms with E-state index >= 15 is 0 Å². The van der Waals surface area contributed by atoms with Crippen molar-refractivity contribution in [3.63, 3.8) is 0 Å². The molecule has 27 heavy (non-hydrogen) atoms. The zero-order valence-corrected chi connectivity index (χ0v) is 15.2. The van der Waals surface area contributed by atoms with Gasteiger partial charge in [-0.3, -0.25) is 5.01 Å². The van der Waals surface area contributed by atoms with Crippen molar-refractivity contribution in [2.75, 3.05) is 5.01 Å². The van der Waals surface area contributed by atoms with Crippen LogP contribution in [0.3, 0.4) is 0 Å². The first-order valence-electron chi connectivity index (χ1n) is 8.63. The predicted molar refractivity (Wildman–Crippen MR) is 108 cm³/mol. The molecule has 0 aliphatic carbocycles. The normalized spacial score (nSPS) is 16.3. The summed E-state index contributed by atoms with van der Waals surface area (Å²) in [7, 11) is 0. The molecule has 0 amide bonds. The molecule has 134 valence electrons. The van der Waals surface area contributed by atoms with E-state index in [0.29, 0.717) is 5.02 Å². The molecule has 0 radical (unpaired) electrons. The number of benzene rings is 3. The fourth-order valence-corrected chi connectivity index (χ4v) is 3.38. The van der Waals surface area contributed by atoms with Crippen LogP contribution in [0.2, 0.25) is 5.02 Å². The van der Waals surface area contributed by atoms with Crippen LogP contribution < -0.4 is 5.01 Å². The zero-order valence-electron chi connectivity index (χ0n) is 14.4. The summed E-state index contributed by atoms with van der Waals surface area (Å²) < 4.78 is 0. The summed E-state index contributed by atoms with van der Waals surface area (Å²) in [5.74, 6) is -0.937. The summed E-state index contributed by atoms with van der Waals surface area (Å²) in [5, 5.41) is 16.6. The van der Waals surface area contributed by atoms with E-state index in [4.69, 9.17) is 21.8 Å². The highest BCUT2D eigenvalue weighted by atomic mass is 35.5. The largest absolute Gasteiger partial charge is 0.478 e. The standard InChI is InChI=1S/C22H17ClN2O2/c23-18-10-6-15(7-11-18)20-14-21(16-4-2-1-3-5-16)25(24-20)19-12-8-17(9-13-19)22(26)27/h1-13,21H,14H2,(H,26,27). The van der Waals surface area contributed by atoms with E-state index in [9.17, 15) is 4.79 Å². The lowest BCUT2D eigenvalue weighted by atomic mass is 9.98. The van der Waals surface area contributed by atoms with Gasteiger partial charge in [-0.15, -0.1) is 0 Å². The molecule has 4 nitrogen and oxygen atoms in total. The monoisotopic (exact) mass is 376 g/mol. The molecule has 0 saturated carbocycles. The smallest absolute Gasteiger partial charge is 0.335 e. The van der Waals surface area contributed by atoms with Crippen molar-refractivity contribution in [1.82, 2.24) is 0 Å². The van der Waals surface area contributed by atoms with Crippen molar-refractivity contribution in [3.05, 3.63) is 101 Å². The summed E-state index contributed by atoms with van der Waals surface area (Å²) >= 11 is 6.01. The minimum Gasteiger partial charge on any atom is -0.478 e. The Morgan fingerprint density at radius 2 is 1.63 bits per heavy atom. The van der Waals surface area contributed by atoms with Gasteiger partial charge in [0.25, 0.3) is 0 Å². The highest BCUT2D eigenvalue weighted by Gasteiger charge is 2.29. The van der Waals surface area contributed by atoms with Gasteiger partial charge in [-0.2, -0.15) is 5.10 Å². The van der Waals surface area contributed by atoms with Gasteiger partial charge < -0.3 is 5.11 Å². The Bertz CT molecular complexity index is 983. The molecule has 1 aliphatic heterocycles. The van der Waals surface area contributed by atoms with Crippen molar-refractivity contribution in [2.45, 2.75) is 12.5 Å². The fourth-order valence-electron chi connectivity index (χ4n) is 3.26. The van der Waals surface area contributed by atoms with Crippen molar-refractivity contribution >= 4 is 29.0 Å². The molecule has 1 atom stereocenters. The number of anilines is 1. The molecule has 0 saturated heterocycles. The number of aromatic carboxylic acids is 1. The van der Waals surface area contributed by atoms with Crippen LogP contribution in [0.5, 0.6) is 0 Å². The van der Waals surface area contributed by atoms with Gasteiger partial charge in [0.2, 0.25) is 0 Å². The second kappa shape index (κ2) is 7.25. The van der Waals surface area contributed by atoms with Crippen LogP contribution >= 0.6 is 11.6 Å². The van der Waals surface area contributed by atoms with Crippen LogP contribution in [0.4, 0.5) is 5.69 Å². The quantitative estimate of drug-likeness (QED) is 0.663. The average Bonchev–Trinajstić information content (AvgIpc) is 3.15. The van der Waals surface area contributed by atoms with E-state index in [1.807, 2.05) is 47.5 Å². The van der Waals surface area contributed by atoms with Crippen molar-refractivity contribution in [3.8, 4) is 0 Å². The number of hydrogen-bond donors (Lipinski definition) is 1. The van der Waals surface area contributed by atoms with E-state index in [2.05, 4.69) is 12.1 Å². The highest BCUT2D eigenvalue weighted by molar-refractivity contribution is 6.30. The third kappa shape index (κ3) is 3.57. The number of carbonyl (C=O) groups is 1. The number of carboxylic acids is 1. The van der Waals surface area contributed by atoms with E-state index in [1.54, 1.807) is 24.3 Å². The maximum atomic E-state index is 11.1. The van der Waals surface area contributed by atoms with Crippen LogP contribution in [0.25, 0.3) is 0 Å². The van der Waals surface area contributed by atoms with Gasteiger partial charge in [0.1, 0.15) is 0 Å². The summed E-state index contributed by atoms with van der Waals surface area (Å²) in [6.07, 6.45) is 0.756. The van der Waals surface area contributed by atoms with Crippen LogP contribution in [0.1, 0.15) is 33.9 Å². The Balaban J connectivity index is 1.73. The van der Waals surface area contributed by atoms with Gasteiger partial charge in [0, 0.05) is 11.4 Å². The SMILES string of the molecule is O=C(O)c1ccc(N2N=C(c3ccc(Cl)cc3)CC2c2ccccc2)cc1. The second-order valence-corrected chi connectivity index (χ2v) is 6.82. The first kappa shape index (κ1) is 17.3. The van der Waals surface area contributed by atoms with E-state index in [0.717, 1.165) is 28.9 Å². The minimum atomic E-state index is -0.937. The lowest BCUT2D eigenvalue weighted by Gasteiger charge is -2.24. The Labute approximate surface area is 162 Å². The molecule has 0 aromatic heterocycles. The molecular weight excluding hydrogens is 360 g/mol. The van der Waals surface area contributed by atoms with Crippen LogP contribution in [0, 0.1) is 0 Å². The maximum Gasteiger partial charge on any atom is 0.335 e. The molecule has 1 heterocycles. The Morgan fingerprint density at radius 3 is 2.26 bits per heavy atom. The second-order valence-electron chi connectivity index (χ2n) is 6.38. The Kier molecular flexibility index (Phi) is 4.65. The van der Waals surface area contributed by atoms with Gasteiger partial charge in [-0.1, -0.05) is 54.1 Å². The number of carboxylic acid groups (broad SMARTS) is 1. The summed E-state index contributed by atoms with van der Waals surface area (Å²) in [4.78, 5) is 11.1. The van der Waals surface area contributed by atoms with Gasteiger partial charge in [0.15, 0.2) is 0 Å². The molecule has 0 bridgehead atoms. The fraction of sp³-hybridized carbons (Fsp3) is 0.0909. The van der Waals surface area contributed by atoms with E-state index in [1.165, 1.54) is 0 Å². The van der Waals surface area contributed by atoms with Gasteiger partial charge in [0.05, 0.1) is 23.0 Å². The van der Waals surface area contributed by atoms with Crippen molar-refractivity contribution < 1.29 is 9.90 Å². The molecule has 3 aromatic carbocycles. The first-order valence-corrected chi connectivity index (χ1v) is 9.00. The predicted octanol–water partition coefficient (Wildman–Crippen LogP) is 5.39. The summed E-state index contributed by atoms with van der Waals surface area (Å²) in [6, 6.07) is 24.7. The molecular formula is C22H17ClN2O2. The van der Waals surface area contributed by atoms with Crippen molar-refractivity contribution in [2.24, 2.45) is 5.10 Å². The molecule has 1 N–H and O–H groups in total. The highest BCUT2D eigenvalue weighted by Crippen LogP contribution is 2.36. The molecule has 1 aliphatic rings. The third-order valence-corrected chi connectivity index (χ3v) is 4.90.